The van der Waals surface area contributed by atoms with E-state index in [-0.39, 0.29) is 18.3 Å². The van der Waals surface area contributed by atoms with Gasteiger partial charge >= 0.3 is 0 Å². The molecule has 9 nitrogen and oxygen atoms in total. The highest BCUT2D eigenvalue weighted by Gasteiger charge is 2.35. The molecule has 1 aliphatic heterocycles. The first kappa shape index (κ1) is 27.3. The maximum Gasteiger partial charge on any atom is 0.255 e. The fourth-order valence-electron chi connectivity index (χ4n) is 4.67. The van der Waals surface area contributed by atoms with Gasteiger partial charge in [-0.25, -0.2) is 4.39 Å². The first-order valence-corrected chi connectivity index (χ1v) is 13.5. The van der Waals surface area contributed by atoms with E-state index in [0.717, 1.165) is 11.1 Å². The van der Waals surface area contributed by atoms with E-state index in [1.807, 2.05) is 52.0 Å². The second-order valence-corrected chi connectivity index (χ2v) is 10.3. The monoisotopic (exact) mass is 606 g/mol. The van der Waals surface area contributed by atoms with Gasteiger partial charge in [-0.05, 0) is 89.4 Å². The number of hydrogen-bond acceptors (Lipinski definition) is 7. The smallest absolute Gasteiger partial charge is 0.255 e. The molecule has 0 saturated carbocycles. The number of aromatic nitrogens is 4. The Labute approximate surface area is 239 Å². The molecule has 2 heterocycles. The van der Waals surface area contributed by atoms with Crippen molar-refractivity contribution in [3.8, 4) is 11.5 Å². The minimum absolute atomic E-state index is 0.0117. The van der Waals surface area contributed by atoms with Crippen molar-refractivity contribution >= 4 is 33.5 Å². The zero-order valence-electron chi connectivity index (χ0n) is 22.5. The van der Waals surface area contributed by atoms with E-state index < -0.39 is 6.04 Å². The summed E-state index contributed by atoms with van der Waals surface area (Å²) < 4.78 is 28.3. The zero-order valence-corrected chi connectivity index (χ0v) is 24.0. The summed E-state index contributed by atoms with van der Waals surface area (Å²) >= 11 is 3.61. The van der Waals surface area contributed by atoms with Crippen LogP contribution in [0.5, 0.6) is 11.5 Å². The van der Waals surface area contributed by atoms with Crippen LogP contribution in [0.4, 0.5) is 16.0 Å². The molecule has 0 bridgehead atoms. The molecule has 0 fully saturated rings. The third-order valence-corrected chi connectivity index (χ3v) is 7.16. The summed E-state index contributed by atoms with van der Waals surface area (Å²) in [7, 11) is 0. The Bertz CT molecular complexity index is 1620. The molecule has 0 aliphatic carbocycles. The van der Waals surface area contributed by atoms with E-state index in [1.165, 1.54) is 6.07 Å². The number of carbonyl (C=O) groups excluding carboxylic acids is 1. The van der Waals surface area contributed by atoms with Gasteiger partial charge in [0.1, 0.15) is 18.5 Å². The van der Waals surface area contributed by atoms with E-state index in [4.69, 9.17) is 9.47 Å². The number of aryl methyl sites for hydroxylation is 2. The largest absolute Gasteiger partial charge is 0.490 e. The van der Waals surface area contributed by atoms with Crippen molar-refractivity contribution in [1.82, 2.24) is 20.2 Å². The summed E-state index contributed by atoms with van der Waals surface area (Å²) in [6, 6.07) is 15.2. The van der Waals surface area contributed by atoms with E-state index in [1.54, 1.807) is 28.9 Å². The second kappa shape index (κ2) is 11.5. The lowest BCUT2D eigenvalue weighted by Crippen LogP contribution is -2.31. The van der Waals surface area contributed by atoms with E-state index in [2.05, 4.69) is 42.1 Å². The number of benzene rings is 3. The number of fused-ring (bicyclic) bond motifs is 1. The number of nitrogens with one attached hydrogen (secondary N) is 2. The highest BCUT2D eigenvalue weighted by atomic mass is 79.9. The van der Waals surface area contributed by atoms with Gasteiger partial charge in [0, 0.05) is 16.9 Å². The minimum atomic E-state index is -0.673. The molecular weight excluding hydrogens is 579 g/mol. The van der Waals surface area contributed by atoms with Gasteiger partial charge in [-0.2, -0.15) is 4.68 Å². The number of halogens is 2. The van der Waals surface area contributed by atoms with Crippen LogP contribution in [0.15, 0.2) is 70.3 Å². The van der Waals surface area contributed by atoms with Crippen molar-refractivity contribution in [2.45, 2.75) is 40.3 Å². The lowest BCUT2D eigenvalue weighted by atomic mass is 9.94. The molecule has 0 saturated heterocycles. The van der Waals surface area contributed by atoms with Gasteiger partial charge in [0.2, 0.25) is 5.95 Å². The van der Waals surface area contributed by atoms with Crippen molar-refractivity contribution in [3.63, 3.8) is 0 Å². The van der Waals surface area contributed by atoms with Crippen LogP contribution in [0.2, 0.25) is 0 Å². The Kier molecular flexibility index (Phi) is 7.83. The van der Waals surface area contributed by atoms with Crippen molar-refractivity contribution in [2.75, 3.05) is 17.2 Å². The Hall–Kier alpha value is -4.25. The fourth-order valence-corrected chi connectivity index (χ4v) is 5.25. The average molecular weight is 607 g/mol. The standard InChI is InChI=1S/C29H28BrFN6O3/c1-5-39-24-14-20(13-21(30)27(24)40-15-19-8-6-7-9-22(19)31)26-25(18(4)32-29-34-35-36-37(26)29)28(38)33-23-11-10-16(2)12-17(23)3/h6-14,26H,5,15H2,1-4H3,(H,33,38)(H,32,34,36). The third-order valence-electron chi connectivity index (χ3n) is 6.57. The molecule has 1 aromatic heterocycles. The topological polar surface area (TPSA) is 103 Å². The molecular formula is C29H28BrFN6O3. The molecule has 2 N–H and O–H groups in total. The molecule has 1 unspecified atom stereocenters. The van der Waals surface area contributed by atoms with Crippen LogP contribution in [0, 0.1) is 19.7 Å². The lowest BCUT2D eigenvalue weighted by Gasteiger charge is -2.29. The maximum absolute atomic E-state index is 14.2. The molecule has 1 amide bonds. The summed E-state index contributed by atoms with van der Waals surface area (Å²) in [5.74, 6) is 0.607. The van der Waals surface area contributed by atoms with Gasteiger partial charge < -0.3 is 20.1 Å². The van der Waals surface area contributed by atoms with Crippen molar-refractivity contribution in [3.05, 3.63) is 98.4 Å². The summed E-state index contributed by atoms with van der Waals surface area (Å²) in [6.07, 6.45) is 0. The molecule has 1 aliphatic rings. The number of allylic oxidation sites excluding steroid dienone is 1. The first-order valence-electron chi connectivity index (χ1n) is 12.7. The zero-order chi connectivity index (χ0) is 28.4. The summed E-state index contributed by atoms with van der Waals surface area (Å²) in [5, 5.41) is 18.3. The van der Waals surface area contributed by atoms with Crippen LogP contribution in [0.1, 0.15) is 42.1 Å². The van der Waals surface area contributed by atoms with Crippen molar-refractivity contribution in [1.29, 1.82) is 0 Å². The number of carbonyl (C=O) groups is 1. The Morgan fingerprint density at radius 1 is 1.12 bits per heavy atom. The van der Waals surface area contributed by atoms with Crippen LogP contribution in [0.3, 0.4) is 0 Å². The summed E-state index contributed by atoms with van der Waals surface area (Å²) in [4.78, 5) is 13.8. The quantitative estimate of drug-likeness (QED) is 0.250. The summed E-state index contributed by atoms with van der Waals surface area (Å²) in [6.45, 7) is 8.00. The normalized spacial score (nSPS) is 14.4. The van der Waals surface area contributed by atoms with Gasteiger partial charge in [-0.15, -0.1) is 0 Å². The molecule has 11 heteroatoms. The number of ether oxygens (including phenoxy) is 2. The number of anilines is 2. The van der Waals surface area contributed by atoms with Crippen LogP contribution < -0.4 is 20.1 Å². The van der Waals surface area contributed by atoms with Gasteiger partial charge in [-0.3, -0.25) is 4.79 Å². The van der Waals surface area contributed by atoms with E-state index >= 15 is 0 Å². The molecule has 5 rings (SSSR count). The highest BCUT2D eigenvalue weighted by Crippen LogP contribution is 2.43. The van der Waals surface area contributed by atoms with Gasteiger partial charge in [0.05, 0.1) is 16.7 Å². The van der Waals surface area contributed by atoms with E-state index in [9.17, 15) is 9.18 Å². The Morgan fingerprint density at radius 2 is 1.93 bits per heavy atom. The van der Waals surface area contributed by atoms with Crippen LogP contribution in [-0.2, 0) is 11.4 Å². The molecule has 206 valence electrons. The van der Waals surface area contributed by atoms with Crippen LogP contribution >= 0.6 is 15.9 Å². The minimum Gasteiger partial charge on any atom is -0.490 e. The first-order chi connectivity index (χ1) is 19.3. The number of nitrogens with zero attached hydrogens (tertiary/aromatic N) is 4. The SMILES string of the molecule is CCOc1cc(C2C(C(=O)Nc3ccc(C)cc3C)=C(C)Nc3nnnn32)cc(Br)c1OCc1ccccc1F. The van der Waals surface area contributed by atoms with Crippen LogP contribution in [-0.4, -0.2) is 32.7 Å². The molecule has 4 aromatic rings. The maximum atomic E-state index is 14.2. The van der Waals surface area contributed by atoms with Crippen molar-refractivity contribution < 1.29 is 18.7 Å². The fraction of sp³-hybridized carbons (Fsp3) is 0.241. The van der Waals surface area contributed by atoms with Crippen molar-refractivity contribution in [2.24, 2.45) is 0 Å². The molecule has 1 atom stereocenters. The molecule has 0 radical (unpaired) electrons. The molecule has 3 aromatic carbocycles. The number of tetrazole rings is 1. The predicted molar refractivity (Wildman–Crippen MR) is 153 cm³/mol. The molecule has 40 heavy (non-hydrogen) atoms. The lowest BCUT2D eigenvalue weighted by molar-refractivity contribution is -0.113. The van der Waals surface area contributed by atoms with Gasteiger partial charge in [0.15, 0.2) is 11.5 Å². The molecule has 0 spiro atoms. The van der Waals surface area contributed by atoms with Gasteiger partial charge in [-0.1, -0.05) is 41.0 Å². The van der Waals surface area contributed by atoms with E-state index in [0.29, 0.717) is 56.6 Å². The van der Waals surface area contributed by atoms with Gasteiger partial charge in [0.25, 0.3) is 5.91 Å². The average Bonchev–Trinajstić information content (AvgIpc) is 3.38. The Balaban J connectivity index is 1.54. The number of hydrogen-bond donors (Lipinski definition) is 2. The third kappa shape index (κ3) is 5.42. The summed E-state index contributed by atoms with van der Waals surface area (Å²) in [5.41, 5.74) is 4.93. The predicted octanol–water partition coefficient (Wildman–Crippen LogP) is 6.10. The highest BCUT2D eigenvalue weighted by molar-refractivity contribution is 9.10. The second-order valence-electron chi connectivity index (χ2n) is 9.43. The number of amides is 1. The number of rotatable bonds is 8. The van der Waals surface area contributed by atoms with Crippen LogP contribution in [0.25, 0.3) is 0 Å². The Morgan fingerprint density at radius 3 is 2.67 bits per heavy atom.